The summed E-state index contributed by atoms with van der Waals surface area (Å²) in [5, 5.41) is 0.949. The van der Waals surface area contributed by atoms with Crippen molar-refractivity contribution < 1.29 is 23.4 Å². The summed E-state index contributed by atoms with van der Waals surface area (Å²) in [6.07, 6.45) is 0.117. The molecule has 0 radical (unpaired) electrons. The lowest BCUT2D eigenvalue weighted by Gasteiger charge is -2.13. The molecular weight excluding hydrogens is 432 g/mol. The van der Waals surface area contributed by atoms with Crippen molar-refractivity contribution in [2.24, 2.45) is 5.73 Å². The van der Waals surface area contributed by atoms with Crippen molar-refractivity contribution in [2.75, 3.05) is 13.7 Å². The second-order valence-electron chi connectivity index (χ2n) is 7.81. The average molecular weight is 461 g/mol. The first-order valence-corrected chi connectivity index (χ1v) is 11.2. The number of nitrogens with two attached hydrogens (primary N) is 1. The molecule has 0 fully saturated rings. The normalized spacial score (nSPS) is 10.9. The maximum absolute atomic E-state index is 12.1. The zero-order chi connectivity index (χ0) is 24.1. The highest BCUT2D eigenvalue weighted by atomic mass is 16.5. The van der Waals surface area contributed by atoms with Crippen LogP contribution in [0.1, 0.15) is 29.5 Å². The molecule has 0 saturated carbocycles. The number of aryl methyl sites for hydroxylation is 1. The van der Waals surface area contributed by atoms with Crippen LogP contribution in [0.4, 0.5) is 0 Å². The highest BCUT2D eigenvalue weighted by molar-refractivity contribution is 5.86. The monoisotopic (exact) mass is 460 g/mol. The Morgan fingerprint density at radius 2 is 1.97 bits per heavy atom. The highest BCUT2D eigenvalue weighted by Crippen LogP contribution is 2.32. The van der Waals surface area contributed by atoms with Crippen LogP contribution < -0.4 is 15.2 Å². The summed E-state index contributed by atoms with van der Waals surface area (Å²) in [5.41, 5.74) is 10.8. The molecule has 4 rings (SSSR count). The predicted molar refractivity (Wildman–Crippen MR) is 130 cm³/mol. The van der Waals surface area contributed by atoms with Crippen LogP contribution in [0.25, 0.3) is 22.2 Å². The van der Waals surface area contributed by atoms with Gasteiger partial charge in [-0.15, -0.1) is 0 Å². The molecular formula is C27H28N2O5. The molecule has 176 valence electrons. The van der Waals surface area contributed by atoms with E-state index < -0.39 is 0 Å². The van der Waals surface area contributed by atoms with Gasteiger partial charge >= 0.3 is 5.97 Å². The van der Waals surface area contributed by atoms with Crippen LogP contribution in [-0.2, 0) is 29.1 Å². The number of hydrogen-bond donors (Lipinski definition) is 1. The Hall–Kier alpha value is -3.84. The molecule has 2 N–H and O–H groups in total. The maximum Gasteiger partial charge on any atom is 0.310 e. The minimum atomic E-state index is -0.306. The standard InChI is InChI=1S/C27H28N2O5/c1-4-32-27(30)13-19-8-10-21(31-3)14-26(19)33-16-23-17(2)34-25-11-9-18(12-22(23)25)24-7-5-6-20(15-28)29-24/h5-12,14H,4,13,15-16,28H2,1-3H3. The average Bonchev–Trinajstić information content (AvgIpc) is 3.17. The minimum absolute atomic E-state index is 0.117. The van der Waals surface area contributed by atoms with Gasteiger partial charge in [-0.05, 0) is 50.2 Å². The van der Waals surface area contributed by atoms with Gasteiger partial charge in [0.05, 0.1) is 31.5 Å². The Morgan fingerprint density at radius 3 is 2.74 bits per heavy atom. The third kappa shape index (κ3) is 5.05. The van der Waals surface area contributed by atoms with E-state index in [0.29, 0.717) is 24.7 Å². The molecule has 0 aliphatic carbocycles. The summed E-state index contributed by atoms with van der Waals surface area (Å²) in [6, 6.07) is 17.2. The second kappa shape index (κ2) is 10.4. The fourth-order valence-electron chi connectivity index (χ4n) is 3.82. The third-order valence-corrected chi connectivity index (χ3v) is 5.59. The summed E-state index contributed by atoms with van der Waals surface area (Å²) in [5.74, 6) is 1.67. The van der Waals surface area contributed by atoms with E-state index in [1.54, 1.807) is 26.2 Å². The molecule has 7 heteroatoms. The van der Waals surface area contributed by atoms with Gasteiger partial charge in [0.1, 0.15) is 29.4 Å². The number of ether oxygens (including phenoxy) is 3. The first kappa shape index (κ1) is 23.3. The Labute approximate surface area is 198 Å². The third-order valence-electron chi connectivity index (χ3n) is 5.59. The van der Waals surface area contributed by atoms with Crippen LogP contribution in [0.3, 0.4) is 0 Å². The zero-order valence-electron chi connectivity index (χ0n) is 19.6. The number of rotatable bonds is 9. The van der Waals surface area contributed by atoms with E-state index in [0.717, 1.165) is 44.8 Å². The quantitative estimate of drug-likeness (QED) is 0.353. The fourth-order valence-corrected chi connectivity index (χ4v) is 3.82. The number of nitrogens with zero attached hydrogens (tertiary/aromatic N) is 1. The molecule has 0 amide bonds. The van der Waals surface area contributed by atoms with Crippen molar-refractivity contribution in [2.45, 2.75) is 33.4 Å². The zero-order valence-corrected chi connectivity index (χ0v) is 19.6. The number of furan rings is 1. The summed E-state index contributed by atoms with van der Waals surface area (Å²) >= 11 is 0. The van der Waals surface area contributed by atoms with Crippen LogP contribution in [0.2, 0.25) is 0 Å². The van der Waals surface area contributed by atoms with Gasteiger partial charge in [-0.2, -0.15) is 0 Å². The van der Waals surface area contributed by atoms with Gasteiger partial charge in [-0.1, -0.05) is 12.1 Å². The molecule has 4 aromatic rings. The van der Waals surface area contributed by atoms with Gasteiger partial charge in [-0.3, -0.25) is 9.78 Å². The summed E-state index contributed by atoms with van der Waals surface area (Å²) in [7, 11) is 1.59. The van der Waals surface area contributed by atoms with Gasteiger partial charge in [0.25, 0.3) is 0 Å². The largest absolute Gasteiger partial charge is 0.497 e. The molecule has 2 heterocycles. The van der Waals surface area contributed by atoms with Crippen molar-refractivity contribution in [1.82, 2.24) is 4.98 Å². The fraction of sp³-hybridized carbons (Fsp3) is 0.259. The van der Waals surface area contributed by atoms with Crippen LogP contribution in [0, 0.1) is 6.92 Å². The number of fused-ring (bicyclic) bond motifs is 1. The Kier molecular flexibility index (Phi) is 7.13. The van der Waals surface area contributed by atoms with E-state index in [4.69, 9.17) is 24.4 Å². The molecule has 7 nitrogen and oxygen atoms in total. The van der Waals surface area contributed by atoms with Gasteiger partial charge in [0.2, 0.25) is 0 Å². The highest BCUT2D eigenvalue weighted by Gasteiger charge is 2.16. The first-order chi connectivity index (χ1) is 16.5. The summed E-state index contributed by atoms with van der Waals surface area (Å²) in [6.45, 7) is 4.68. The number of esters is 1. The first-order valence-electron chi connectivity index (χ1n) is 11.2. The molecule has 2 aromatic carbocycles. The number of hydrogen-bond acceptors (Lipinski definition) is 7. The van der Waals surface area contributed by atoms with Crippen LogP contribution >= 0.6 is 0 Å². The minimum Gasteiger partial charge on any atom is -0.497 e. The molecule has 0 aliphatic heterocycles. The molecule has 34 heavy (non-hydrogen) atoms. The van der Waals surface area contributed by atoms with Gasteiger partial charge in [0.15, 0.2) is 0 Å². The number of pyridine rings is 1. The summed E-state index contributed by atoms with van der Waals surface area (Å²) in [4.78, 5) is 16.7. The number of benzene rings is 2. The van der Waals surface area contributed by atoms with Gasteiger partial charge < -0.3 is 24.4 Å². The van der Waals surface area contributed by atoms with Crippen molar-refractivity contribution in [3.8, 4) is 22.8 Å². The smallest absolute Gasteiger partial charge is 0.310 e. The number of aromatic nitrogens is 1. The molecule has 0 bridgehead atoms. The number of methoxy groups -OCH3 is 1. The molecule has 0 aliphatic rings. The van der Waals surface area contributed by atoms with Crippen LogP contribution in [0.15, 0.2) is 59.0 Å². The summed E-state index contributed by atoms with van der Waals surface area (Å²) < 4.78 is 22.6. The molecule has 0 saturated heterocycles. The lowest BCUT2D eigenvalue weighted by Crippen LogP contribution is -2.09. The second-order valence-corrected chi connectivity index (χ2v) is 7.81. The van der Waals surface area contributed by atoms with Crippen LogP contribution in [-0.4, -0.2) is 24.7 Å². The van der Waals surface area contributed by atoms with E-state index in [1.807, 2.05) is 43.3 Å². The Bertz CT molecular complexity index is 1310. The van der Waals surface area contributed by atoms with Gasteiger partial charge in [-0.25, -0.2) is 0 Å². The van der Waals surface area contributed by atoms with Crippen LogP contribution in [0.5, 0.6) is 11.5 Å². The molecule has 0 unspecified atom stereocenters. The van der Waals surface area contributed by atoms with E-state index in [2.05, 4.69) is 11.1 Å². The van der Waals surface area contributed by atoms with Crippen molar-refractivity contribution >= 4 is 16.9 Å². The van der Waals surface area contributed by atoms with E-state index in [1.165, 1.54) is 0 Å². The van der Waals surface area contributed by atoms with Crippen molar-refractivity contribution in [3.05, 3.63) is 77.2 Å². The van der Waals surface area contributed by atoms with Crippen molar-refractivity contribution in [1.29, 1.82) is 0 Å². The molecule has 2 aromatic heterocycles. The Balaban J connectivity index is 1.65. The lowest BCUT2D eigenvalue weighted by atomic mass is 10.1. The van der Waals surface area contributed by atoms with E-state index in [9.17, 15) is 4.79 Å². The van der Waals surface area contributed by atoms with E-state index >= 15 is 0 Å². The van der Waals surface area contributed by atoms with Gasteiger partial charge in [0, 0.05) is 34.7 Å². The topological polar surface area (TPSA) is 96.8 Å². The SMILES string of the molecule is CCOC(=O)Cc1ccc(OC)cc1OCc1c(C)oc2ccc(-c3cccc(CN)n3)cc12. The Morgan fingerprint density at radius 1 is 1.12 bits per heavy atom. The predicted octanol–water partition coefficient (Wildman–Crippen LogP) is 4.96. The van der Waals surface area contributed by atoms with Crippen molar-refractivity contribution in [3.63, 3.8) is 0 Å². The molecule has 0 atom stereocenters. The number of carbonyl (C=O) groups is 1. The molecule has 0 spiro atoms. The van der Waals surface area contributed by atoms with E-state index in [-0.39, 0.29) is 19.0 Å². The number of carbonyl (C=O) groups excluding carboxylic acids is 1. The lowest BCUT2D eigenvalue weighted by molar-refractivity contribution is -0.142. The maximum atomic E-state index is 12.1.